The fourth-order valence-corrected chi connectivity index (χ4v) is 10.2. The number of hydrogen-bond donors (Lipinski definition) is 0. The van der Waals surface area contributed by atoms with Gasteiger partial charge in [0.05, 0.1) is 26.4 Å². The van der Waals surface area contributed by atoms with Crippen molar-refractivity contribution in [3.63, 3.8) is 0 Å². The second kappa shape index (κ2) is 24.4. The Kier molecular flexibility index (Phi) is 17.4. The van der Waals surface area contributed by atoms with Gasteiger partial charge in [0.1, 0.15) is 5.75 Å². The molecule has 2 saturated carbocycles. The molecule has 7 aromatic rings. The smallest absolute Gasteiger partial charge is 0.230 e. The van der Waals surface area contributed by atoms with E-state index in [0.29, 0.717) is 18.8 Å². The molecule has 366 valence electrons. The van der Waals surface area contributed by atoms with Crippen molar-refractivity contribution < 1.29 is 14.3 Å². The Hall–Kier alpha value is -6.71. The van der Waals surface area contributed by atoms with Crippen molar-refractivity contribution in [2.45, 2.75) is 77.3 Å². The van der Waals surface area contributed by atoms with E-state index in [1.54, 1.807) is 13.3 Å². The Labute approximate surface area is 430 Å². The van der Waals surface area contributed by atoms with Gasteiger partial charge in [-0.25, -0.2) is 0 Å². The van der Waals surface area contributed by atoms with Crippen LogP contribution >= 0.6 is 15.9 Å². The van der Waals surface area contributed by atoms with Gasteiger partial charge < -0.3 is 24.3 Å². The summed E-state index contributed by atoms with van der Waals surface area (Å²) in [5.41, 5.74) is 13.2. The molecule has 0 bridgehead atoms. The van der Waals surface area contributed by atoms with Crippen molar-refractivity contribution in [2.24, 2.45) is 11.8 Å². The summed E-state index contributed by atoms with van der Waals surface area (Å²) in [6, 6.07) is 52.7. The van der Waals surface area contributed by atoms with Gasteiger partial charge in [0.2, 0.25) is 11.8 Å². The standard InChI is InChI=1S/C34H37N3O2.C28H31BrN2O/c1-36(2)31-18-16-27(17-19-31)26-14-12-25(13-15-26)24-37(34(38)28-8-5-4-6-9-28)32-11-7-10-29(20-32)30-21-33(39-3)23-35-22-30;1-30(2)26-17-15-23(16-18-26)22-13-11-21(12-14-22)20-31(27-10-6-9-25(29)19-27)28(32)24-7-4-3-5-8-24/h7,10-23,28H,4-6,8-9,24H2,1-3H3;6,9-19,24H,3-5,7-8,20H2,1-2H3. The topological polar surface area (TPSA) is 69.2 Å². The van der Waals surface area contributed by atoms with Crippen LogP contribution in [0.3, 0.4) is 0 Å². The monoisotopic (exact) mass is 1010 g/mol. The number of rotatable bonds is 14. The third-order valence-electron chi connectivity index (χ3n) is 14.0. The van der Waals surface area contributed by atoms with E-state index in [0.717, 1.165) is 89.5 Å². The molecule has 9 heteroatoms. The molecule has 2 fully saturated rings. The van der Waals surface area contributed by atoms with Crippen LogP contribution in [-0.2, 0) is 22.7 Å². The molecule has 0 unspecified atom stereocenters. The van der Waals surface area contributed by atoms with E-state index in [9.17, 15) is 9.59 Å². The second-order valence-corrected chi connectivity index (χ2v) is 20.4. The fraction of sp³-hybridized carbons (Fsp3) is 0.306. The average molecular weight is 1010 g/mol. The lowest BCUT2D eigenvalue weighted by molar-refractivity contribution is -0.124. The quantitative estimate of drug-likeness (QED) is 0.108. The summed E-state index contributed by atoms with van der Waals surface area (Å²) in [5.74, 6) is 1.40. The molecular formula is C62H68BrN5O3. The Morgan fingerprint density at radius 3 is 1.32 bits per heavy atom. The number of anilines is 4. The van der Waals surface area contributed by atoms with E-state index in [1.165, 1.54) is 46.5 Å². The highest BCUT2D eigenvalue weighted by molar-refractivity contribution is 9.10. The number of halogens is 1. The summed E-state index contributed by atoms with van der Waals surface area (Å²) >= 11 is 3.57. The molecule has 1 aromatic heterocycles. The molecule has 1 heterocycles. The zero-order chi connectivity index (χ0) is 49.7. The zero-order valence-electron chi connectivity index (χ0n) is 42.1. The number of methoxy groups -OCH3 is 1. The molecule has 9 rings (SSSR count). The summed E-state index contributed by atoms with van der Waals surface area (Å²) in [4.78, 5) is 39.9. The van der Waals surface area contributed by atoms with Crippen LogP contribution in [0.25, 0.3) is 33.4 Å². The first-order valence-corrected chi connectivity index (χ1v) is 26.0. The van der Waals surface area contributed by atoms with Crippen LogP contribution in [-0.4, -0.2) is 52.1 Å². The van der Waals surface area contributed by atoms with Crippen LogP contribution in [0.15, 0.2) is 169 Å². The minimum absolute atomic E-state index is 0.0791. The van der Waals surface area contributed by atoms with E-state index in [4.69, 9.17) is 4.74 Å². The van der Waals surface area contributed by atoms with Crippen molar-refractivity contribution in [1.29, 1.82) is 0 Å². The SMILES string of the molecule is CN(C)c1ccc(-c2ccc(CN(C(=O)C3CCCCC3)c3cccc(Br)c3)cc2)cc1.COc1cncc(-c2cccc(N(Cc3ccc(-c4ccc(N(C)C)cc4)cc3)C(=O)C3CCCCC3)c2)c1. The fourth-order valence-electron chi connectivity index (χ4n) is 9.79. The highest BCUT2D eigenvalue weighted by Gasteiger charge is 2.29. The average Bonchev–Trinajstić information content (AvgIpc) is 3.42. The van der Waals surface area contributed by atoms with Crippen LogP contribution in [0.1, 0.15) is 75.3 Å². The van der Waals surface area contributed by atoms with E-state index in [2.05, 4.69) is 154 Å². The second-order valence-electron chi connectivity index (χ2n) is 19.4. The Morgan fingerprint density at radius 1 is 0.479 bits per heavy atom. The largest absolute Gasteiger partial charge is 0.495 e. The van der Waals surface area contributed by atoms with Crippen LogP contribution in [0.5, 0.6) is 5.75 Å². The first-order valence-electron chi connectivity index (χ1n) is 25.2. The minimum Gasteiger partial charge on any atom is -0.495 e. The summed E-state index contributed by atoms with van der Waals surface area (Å²) in [6.07, 6.45) is 14.5. The minimum atomic E-state index is 0.0791. The van der Waals surface area contributed by atoms with Gasteiger partial charge in [0.15, 0.2) is 0 Å². The van der Waals surface area contributed by atoms with Gasteiger partial charge in [0.25, 0.3) is 0 Å². The maximum absolute atomic E-state index is 13.9. The third kappa shape index (κ3) is 13.4. The molecule has 71 heavy (non-hydrogen) atoms. The van der Waals surface area contributed by atoms with Crippen LogP contribution < -0.4 is 24.3 Å². The molecule has 6 aromatic carbocycles. The molecule has 2 aliphatic carbocycles. The third-order valence-corrected chi connectivity index (χ3v) is 14.5. The maximum Gasteiger partial charge on any atom is 0.230 e. The highest BCUT2D eigenvalue weighted by atomic mass is 79.9. The Balaban J connectivity index is 0.000000194. The number of hydrogen-bond acceptors (Lipinski definition) is 6. The molecule has 0 aliphatic heterocycles. The van der Waals surface area contributed by atoms with Crippen LogP contribution in [0, 0.1) is 11.8 Å². The van der Waals surface area contributed by atoms with Crippen molar-refractivity contribution in [1.82, 2.24) is 4.98 Å². The van der Waals surface area contributed by atoms with E-state index < -0.39 is 0 Å². The molecular weight excluding hydrogens is 943 g/mol. The molecule has 0 atom stereocenters. The number of carbonyl (C=O) groups excluding carboxylic acids is 2. The summed E-state index contributed by atoms with van der Waals surface area (Å²) < 4.78 is 6.37. The normalized spacial score (nSPS) is 13.9. The van der Waals surface area contributed by atoms with Crippen molar-refractivity contribution in [3.8, 4) is 39.1 Å². The number of ether oxygens (including phenoxy) is 1. The maximum atomic E-state index is 13.9. The van der Waals surface area contributed by atoms with Crippen molar-refractivity contribution in [3.05, 3.63) is 180 Å². The molecule has 0 spiro atoms. The zero-order valence-corrected chi connectivity index (χ0v) is 43.7. The number of benzene rings is 6. The first kappa shape index (κ1) is 50.7. The molecule has 0 radical (unpaired) electrons. The number of amides is 2. The number of pyridine rings is 1. The molecule has 8 nitrogen and oxygen atoms in total. The van der Waals surface area contributed by atoms with Crippen LogP contribution in [0.2, 0.25) is 0 Å². The van der Waals surface area contributed by atoms with Crippen molar-refractivity contribution >= 4 is 50.5 Å². The van der Waals surface area contributed by atoms with Gasteiger partial charge >= 0.3 is 0 Å². The first-order chi connectivity index (χ1) is 34.5. The summed E-state index contributed by atoms with van der Waals surface area (Å²) in [7, 11) is 9.84. The predicted octanol–water partition coefficient (Wildman–Crippen LogP) is 14.9. The lowest BCUT2D eigenvalue weighted by atomic mass is 9.88. The lowest BCUT2D eigenvalue weighted by Crippen LogP contribution is -2.36. The van der Waals surface area contributed by atoms with Gasteiger partial charge in [-0.05, 0) is 125 Å². The van der Waals surface area contributed by atoms with Gasteiger partial charge in [-0.2, -0.15) is 0 Å². The Morgan fingerprint density at radius 2 is 0.901 bits per heavy atom. The molecule has 0 N–H and O–H groups in total. The lowest BCUT2D eigenvalue weighted by Gasteiger charge is -2.30. The van der Waals surface area contributed by atoms with E-state index >= 15 is 0 Å². The molecule has 2 aliphatic rings. The number of carbonyl (C=O) groups is 2. The van der Waals surface area contributed by atoms with Gasteiger partial charge in [-0.3, -0.25) is 14.6 Å². The number of aromatic nitrogens is 1. The van der Waals surface area contributed by atoms with Crippen LogP contribution in [0.4, 0.5) is 22.7 Å². The summed E-state index contributed by atoms with van der Waals surface area (Å²) in [5, 5.41) is 0. The molecule has 0 saturated heterocycles. The predicted molar refractivity (Wildman–Crippen MR) is 298 cm³/mol. The van der Waals surface area contributed by atoms with E-state index in [-0.39, 0.29) is 23.7 Å². The summed E-state index contributed by atoms with van der Waals surface area (Å²) in [6.45, 7) is 1.13. The highest BCUT2D eigenvalue weighted by Crippen LogP contribution is 2.34. The van der Waals surface area contributed by atoms with Crippen molar-refractivity contribution in [2.75, 3.05) is 54.9 Å². The van der Waals surface area contributed by atoms with Gasteiger partial charge in [0, 0.05) is 79.0 Å². The van der Waals surface area contributed by atoms with E-state index in [1.807, 2.05) is 72.6 Å². The van der Waals surface area contributed by atoms with Gasteiger partial charge in [-0.1, -0.05) is 145 Å². The Bertz CT molecular complexity index is 2820. The van der Waals surface area contributed by atoms with Gasteiger partial charge in [-0.15, -0.1) is 0 Å². The number of nitrogens with zero attached hydrogens (tertiary/aromatic N) is 5. The molecule has 2 amide bonds.